The van der Waals surface area contributed by atoms with Gasteiger partial charge in [0.2, 0.25) is 11.8 Å². The third kappa shape index (κ3) is 2.85. The molecule has 4 N–H and O–H groups in total. The quantitative estimate of drug-likeness (QED) is 0.436. The molecular weight excluding hydrogens is 274 g/mol. The zero-order chi connectivity index (χ0) is 15.4. The molecule has 0 bridgehead atoms. The van der Waals surface area contributed by atoms with Crippen molar-refractivity contribution in [1.82, 2.24) is 9.97 Å². The molecule has 1 heterocycles. The standard InChI is InChI=1S/C12H11N7O2/c1-7-10(19(20)21)11(17-12(15-7)18-14)16-9-5-3-2-4-8(9)6-13/h2-5H,14H2,1H3,(H2,15,16,17,18). The van der Waals surface area contributed by atoms with Gasteiger partial charge in [0.25, 0.3) is 0 Å². The Morgan fingerprint density at radius 1 is 1.38 bits per heavy atom. The van der Waals surface area contributed by atoms with Crippen molar-refractivity contribution >= 4 is 23.1 Å². The highest BCUT2D eigenvalue weighted by Gasteiger charge is 2.22. The van der Waals surface area contributed by atoms with Gasteiger partial charge in [0.15, 0.2) is 0 Å². The summed E-state index contributed by atoms with van der Waals surface area (Å²) in [5, 5.41) is 23.0. The van der Waals surface area contributed by atoms with E-state index in [1.54, 1.807) is 24.3 Å². The Morgan fingerprint density at radius 3 is 2.71 bits per heavy atom. The number of benzene rings is 1. The molecule has 0 atom stereocenters. The summed E-state index contributed by atoms with van der Waals surface area (Å²) < 4.78 is 0. The molecule has 1 aromatic carbocycles. The molecule has 0 amide bonds. The Bertz CT molecular complexity index is 739. The van der Waals surface area contributed by atoms with E-state index in [9.17, 15) is 10.1 Å². The van der Waals surface area contributed by atoms with E-state index in [0.717, 1.165) is 0 Å². The molecule has 0 unspecified atom stereocenters. The summed E-state index contributed by atoms with van der Waals surface area (Å²) in [6, 6.07) is 8.59. The molecule has 21 heavy (non-hydrogen) atoms. The fraction of sp³-hybridized carbons (Fsp3) is 0.0833. The van der Waals surface area contributed by atoms with E-state index in [0.29, 0.717) is 11.3 Å². The van der Waals surface area contributed by atoms with Crippen LogP contribution in [0.1, 0.15) is 11.3 Å². The zero-order valence-corrected chi connectivity index (χ0v) is 11.0. The van der Waals surface area contributed by atoms with Crippen LogP contribution in [0.4, 0.5) is 23.1 Å². The van der Waals surface area contributed by atoms with Gasteiger partial charge >= 0.3 is 5.69 Å². The third-order valence-electron chi connectivity index (χ3n) is 2.67. The van der Waals surface area contributed by atoms with Crippen molar-refractivity contribution in [1.29, 1.82) is 5.26 Å². The van der Waals surface area contributed by atoms with Gasteiger partial charge in [0.1, 0.15) is 11.8 Å². The maximum absolute atomic E-state index is 11.2. The largest absolute Gasteiger partial charge is 0.333 e. The summed E-state index contributed by atoms with van der Waals surface area (Å²) in [5.41, 5.74) is 2.86. The van der Waals surface area contributed by atoms with Crippen LogP contribution in [-0.4, -0.2) is 14.9 Å². The first-order valence-corrected chi connectivity index (χ1v) is 5.82. The first kappa shape index (κ1) is 14.2. The number of rotatable bonds is 4. The van der Waals surface area contributed by atoms with E-state index in [1.165, 1.54) is 6.92 Å². The Kier molecular flexibility index (Phi) is 3.92. The molecule has 1 aromatic heterocycles. The Hall–Kier alpha value is -3.25. The Morgan fingerprint density at radius 2 is 2.10 bits per heavy atom. The van der Waals surface area contributed by atoms with Gasteiger partial charge < -0.3 is 5.32 Å². The van der Waals surface area contributed by atoms with Gasteiger partial charge in [-0.3, -0.25) is 15.5 Å². The average molecular weight is 285 g/mol. The van der Waals surface area contributed by atoms with E-state index in [1.807, 2.05) is 6.07 Å². The maximum atomic E-state index is 11.2. The van der Waals surface area contributed by atoms with E-state index in [2.05, 4.69) is 20.7 Å². The van der Waals surface area contributed by atoms with E-state index < -0.39 is 4.92 Å². The molecule has 9 heteroatoms. The van der Waals surface area contributed by atoms with Crippen molar-refractivity contribution in [3.63, 3.8) is 0 Å². The second-order valence-electron chi connectivity index (χ2n) is 4.01. The van der Waals surface area contributed by atoms with Crippen LogP contribution in [0.2, 0.25) is 0 Å². The topological polar surface area (TPSA) is 143 Å². The normalized spacial score (nSPS) is 9.76. The molecule has 0 aliphatic rings. The highest BCUT2D eigenvalue weighted by Crippen LogP contribution is 2.30. The third-order valence-corrected chi connectivity index (χ3v) is 2.67. The number of hydrazine groups is 1. The van der Waals surface area contributed by atoms with Crippen molar-refractivity contribution in [3.8, 4) is 6.07 Å². The minimum Gasteiger partial charge on any atom is -0.333 e. The van der Waals surface area contributed by atoms with Gasteiger partial charge in [-0.2, -0.15) is 10.2 Å². The number of aryl methyl sites for hydroxylation is 1. The molecule has 2 aromatic rings. The number of nitriles is 1. The fourth-order valence-corrected chi connectivity index (χ4v) is 1.75. The van der Waals surface area contributed by atoms with Crippen LogP contribution in [0.3, 0.4) is 0 Å². The van der Waals surface area contributed by atoms with Crippen molar-refractivity contribution in [2.45, 2.75) is 6.92 Å². The van der Waals surface area contributed by atoms with Gasteiger partial charge in [-0.05, 0) is 19.1 Å². The lowest BCUT2D eigenvalue weighted by Crippen LogP contribution is -2.13. The predicted octanol–water partition coefficient (Wildman–Crippen LogP) is 1.59. The molecule has 0 saturated heterocycles. The van der Waals surface area contributed by atoms with Crippen LogP contribution in [0.15, 0.2) is 24.3 Å². The molecule has 0 radical (unpaired) electrons. The van der Waals surface area contributed by atoms with Gasteiger partial charge in [-0.15, -0.1) is 0 Å². The summed E-state index contributed by atoms with van der Waals surface area (Å²) >= 11 is 0. The Balaban J connectivity index is 2.55. The number of nitrogens with two attached hydrogens (primary N) is 1. The SMILES string of the molecule is Cc1nc(NN)nc(Nc2ccccc2C#N)c1[N+](=O)[O-]. The number of anilines is 3. The molecule has 106 valence electrons. The summed E-state index contributed by atoms with van der Waals surface area (Å²) in [5.74, 6) is 5.24. The van der Waals surface area contributed by atoms with E-state index in [-0.39, 0.29) is 23.1 Å². The molecule has 0 saturated carbocycles. The highest BCUT2D eigenvalue weighted by molar-refractivity contribution is 5.71. The molecule has 0 spiro atoms. The van der Waals surface area contributed by atoms with Gasteiger partial charge in [-0.1, -0.05) is 12.1 Å². The number of aromatic nitrogens is 2. The number of nitro groups is 1. The molecule has 2 rings (SSSR count). The van der Waals surface area contributed by atoms with Crippen LogP contribution < -0.4 is 16.6 Å². The van der Waals surface area contributed by atoms with Crippen LogP contribution in [-0.2, 0) is 0 Å². The number of nitrogens with zero attached hydrogens (tertiary/aromatic N) is 4. The predicted molar refractivity (Wildman–Crippen MR) is 75.7 cm³/mol. The number of para-hydroxylation sites is 1. The molecule has 0 aliphatic heterocycles. The second-order valence-corrected chi connectivity index (χ2v) is 4.01. The zero-order valence-electron chi connectivity index (χ0n) is 11.0. The summed E-state index contributed by atoms with van der Waals surface area (Å²) in [6.07, 6.45) is 0. The van der Waals surface area contributed by atoms with Crippen molar-refractivity contribution in [2.24, 2.45) is 5.84 Å². The summed E-state index contributed by atoms with van der Waals surface area (Å²) in [6.45, 7) is 1.47. The van der Waals surface area contributed by atoms with E-state index >= 15 is 0 Å². The number of hydrogen-bond donors (Lipinski definition) is 3. The lowest BCUT2D eigenvalue weighted by Gasteiger charge is -2.10. The first-order chi connectivity index (χ1) is 10.1. The Labute approximate surface area is 119 Å². The molecule has 0 fully saturated rings. The second kappa shape index (κ2) is 5.81. The van der Waals surface area contributed by atoms with Crippen LogP contribution in [0.5, 0.6) is 0 Å². The van der Waals surface area contributed by atoms with Crippen molar-refractivity contribution < 1.29 is 4.92 Å². The monoisotopic (exact) mass is 285 g/mol. The van der Waals surface area contributed by atoms with E-state index in [4.69, 9.17) is 11.1 Å². The van der Waals surface area contributed by atoms with Crippen molar-refractivity contribution in [2.75, 3.05) is 10.7 Å². The number of nitrogens with one attached hydrogen (secondary N) is 2. The van der Waals surface area contributed by atoms with Crippen LogP contribution in [0.25, 0.3) is 0 Å². The fourth-order valence-electron chi connectivity index (χ4n) is 1.75. The number of nitrogen functional groups attached to an aromatic ring is 1. The average Bonchev–Trinajstić information content (AvgIpc) is 2.46. The molecular formula is C12H11N7O2. The maximum Gasteiger partial charge on any atom is 0.332 e. The minimum absolute atomic E-state index is 0.0371. The van der Waals surface area contributed by atoms with Gasteiger partial charge in [0.05, 0.1) is 16.2 Å². The smallest absolute Gasteiger partial charge is 0.332 e. The van der Waals surface area contributed by atoms with Gasteiger partial charge in [0, 0.05) is 0 Å². The lowest BCUT2D eigenvalue weighted by atomic mass is 10.2. The molecule has 9 nitrogen and oxygen atoms in total. The summed E-state index contributed by atoms with van der Waals surface area (Å²) in [4.78, 5) is 18.4. The first-order valence-electron chi connectivity index (χ1n) is 5.82. The minimum atomic E-state index is -0.590. The highest BCUT2D eigenvalue weighted by atomic mass is 16.6. The lowest BCUT2D eigenvalue weighted by molar-refractivity contribution is -0.385. The van der Waals surface area contributed by atoms with Crippen LogP contribution >= 0.6 is 0 Å². The summed E-state index contributed by atoms with van der Waals surface area (Å²) in [7, 11) is 0. The van der Waals surface area contributed by atoms with Crippen molar-refractivity contribution in [3.05, 3.63) is 45.6 Å². The number of hydrogen-bond acceptors (Lipinski definition) is 8. The van der Waals surface area contributed by atoms with Gasteiger partial charge in [-0.25, -0.2) is 10.8 Å². The van der Waals surface area contributed by atoms with Crippen LogP contribution in [0, 0.1) is 28.4 Å². The molecule has 0 aliphatic carbocycles.